The topological polar surface area (TPSA) is 9.23 Å². The third kappa shape index (κ3) is 3.21. The molecule has 20 heavy (non-hydrogen) atoms. The van der Waals surface area contributed by atoms with Gasteiger partial charge >= 0.3 is 0 Å². The minimum absolute atomic E-state index is 0.204. The van der Waals surface area contributed by atoms with Crippen LogP contribution in [-0.2, 0) is 0 Å². The Kier molecular flexibility index (Phi) is 5.16. The van der Waals surface area contributed by atoms with Crippen molar-refractivity contribution < 1.29 is 4.74 Å². The maximum atomic E-state index is 6.66. The highest BCUT2D eigenvalue weighted by Crippen LogP contribution is 2.37. The van der Waals surface area contributed by atoms with Crippen molar-refractivity contribution in [2.24, 2.45) is 0 Å². The quantitative estimate of drug-likeness (QED) is 0.542. The van der Waals surface area contributed by atoms with E-state index in [1.807, 2.05) is 32.0 Å². The van der Waals surface area contributed by atoms with Crippen LogP contribution < -0.4 is 4.74 Å². The number of aryl methyl sites for hydroxylation is 2. The predicted octanol–water partition coefficient (Wildman–Crippen LogP) is 6.17. The van der Waals surface area contributed by atoms with Gasteiger partial charge in [0.15, 0.2) is 0 Å². The molecule has 1 nitrogen and oxygen atoms in total. The summed E-state index contributed by atoms with van der Waals surface area (Å²) in [5, 5.41) is -0.204. The third-order valence-electron chi connectivity index (χ3n) is 3.21. The Hall–Kier alpha value is -0.510. The Labute approximate surface area is 141 Å². The molecule has 0 fully saturated rings. The molecule has 4 heteroatoms. The number of halogens is 3. The summed E-state index contributed by atoms with van der Waals surface area (Å²) in [6.07, 6.45) is 0. The van der Waals surface area contributed by atoms with Crippen molar-refractivity contribution in [2.75, 3.05) is 7.11 Å². The first-order valence-corrected chi connectivity index (χ1v) is 8.20. The van der Waals surface area contributed by atoms with E-state index in [0.29, 0.717) is 0 Å². The summed E-state index contributed by atoms with van der Waals surface area (Å²) in [5.74, 6) is 0.922. The second-order valence-corrected chi connectivity index (χ2v) is 6.92. The zero-order chi connectivity index (χ0) is 14.9. The Bertz CT molecular complexity index is 617. The number of benzene rings is 2. The zero-order valence-electron chi connectivity index (χ0n) is 11.5. The summed E-state index contributed by atoms with van der Waals surface area (Å²) in [6, 6.07) is 10.2. The van der Waals surface area contributed by atoms with Crippen molar-refractivity contribution in [3.05, 3.63) is 61.5 Å². The van der Waals surface area contributed by atoms with E-state index in [1.165, 1.54) is 0 Å². The molecule has 2 aromatic rings. The van der Waals surface area contributed by atoms with Gasteiger partial charge in [-0.25, -0.2) is 0 Å². The highest BCUT2D eigenvalue weighted by molar-refractivity contribution is 9.11. The van der Waals surface area contributed by atoms with Gasteiger partial charge in [0, 0.05) is 8.95 Å². The second-order valence-electron chi connectivity index (χ2n) is 4.72. The molecular weight excluding hydrogens is 403 g/mol. The minimum Gasteiger partial charge on any atom is -0.496 e. The van der Waals surface area contributed by atoms with Gasteiger partial charge in [0.1, 0.15) is 5.75 Å². The van der Waals surface area contributed by atoms with Crippen LogP contribution in [0.3, 0.4) is 0 Å². The molecular formula is C16H15Br2ClO. The molecule has 0 aliphatic carbocycles. The van der Waals surface area contributed by atoms with E-state index >= 15 is 0 Å². The molecule has 1 atom stereocenters. The molecule has 2 aromatic carbocycles. The molecule has 0 N–H and O–H groups in total. The fourth-order valence-electron chi connectivity index (χ4n) is 2.34. The Morgan fingerprint density at radius 1 is 1.05 bits per heavy atom. The maximum Gasteiger partial charge on any atom is 0.124 e. The summed E-state index contributed by atoms with van der Waals surface area (Å²) < 4.78 is 7.42. The lowest BCUT2D eigenvalue weighted by molar-refractivity contribution is 0.408. The molecule has 0 spiro atoms. The van der Waals surface area contributed by atoms with Gasteiger partial charge in [0.2, 0.25) is 0 Å². The lowest BCUT2D eigenvalue weighted by atomic mass is 9.99. The maximum absolute atomic E-state index is 6.66. The average molecular weight is 419 g/mol. The van der Waals surface area contributed by atoms with Crippen LogP contribution in [0.25, 0.3) is 0 Å². The SMILES string of the molecule is COc1c(C)cc(C(Cl)c2cc(Br)ccc2Br)cc1C. The van der Waals surface area contributed by atoms with Crippen LogP contribution in [0, 0.1) is 13.8 Å². The Morgan fingerprint density at radius 3 is 2.20 bits per heavy atom. The second kappa shape index (κ2) is 6.50. The molecule has 0 aromatic heterocycles. The molecule has 1 unspecified atom stereocenters. The fraction of sp³-hybridized carbons (Fsp3) is 0.250. The molecule has 0 saturated heterocycles. The molecule has 0 bridgehead atoms. The van der Waals surface area contributed by atoms with E-state index in [0.717, 1.165) is 36.9 Å². The van der Waals surface area contributed by atoms with E-state index in [-0.39, 0.29) is 5.38 Å². The standard InChI is InChI=1S/C16H15Br2ClO/c1-9-6-11(7-10(2)16(9)20-3)15(19)13-8-12(17)4-5-14(13)18/h4-8,15H,1-3H3. The van der Waals surface area contributed by atoms with Crippen LogP contribution in [0.2, 0.25) is 0 Å². The third-order valence-corrected chi connectivity index (χ3v) is 4.91. The van der Waals surface area contributed by atoms with Gasteiger partial charge in [-0.15, -0.1) is 11.6 Å². The summed E-state index contributed by atoms with van der Waals surface area (Å²) in [6.45, 7) is 4.07. The number of methoxy groups -OCH3 is 1. The fourth-order valence-corrected chi connectivity index (χ4v) is 3.63. The number of rotatable bonds is 3. The van der Waals surface area contributed by atoms with E-state index in [2.05, 4.69) is 44.0 Å². The van der Waals surface area contributed by atoms with Crippen LogP contribution in [0.4, 0.5) is 0 Å². The van der Waals surface area contributed by atoms with Crippen LogP contribution in [0.1, 0.15) is 27.6 Å². The number of alkyl halides is 1. The lowest BCUT2D eigenvalue weighted by Crippen LogP contribution is -1.99. The molecule has 0 amide bonds. The molecule has 0 aliphatic rings. The summed E-state index contributed by atoms with van der Waals surface area (Å²) >= 11 is 13.7. The van der Waals surface area contributed by atoms with Crippen LogP contribution in [-0.4, -0.2) is 7.11 Å². The van der Waals surface area contributed by atoms with E-state index < -0.39 is 0 Å². The highest BCUT2D eigenvalue weighted by atomic mass is 79.9. The molecule has 0 heterocycles. The van der Waals surface area contributed by atoms with E-state index in [1.54, 1.807) is 7.11 Å². The summed E-state index contributed by atoms with van der Waals surface area (Å²) in [7, 11) is 1.69. The first-order chi connectivity index (χ1) is 9.43. The van der Waals surface area contributed by atoms with Gasteiger partial charge in [0.05, 0.1) is 12.5 Å². The largest absolute Gasteiger partial charge is 0.496 e. The van der Waals surface area contributed by atoms with Crippen molar-refractivity contribution in [3.63, 3.8) is 0 Å². The van der Waals surface area contributed by atoms with Gasteiger partial charge in [-0.1, -0.05) is 44.0 Å². The lowest BCUT2D eigenvalue weighted by Gasteiger charge is -2.16. The minimum atomic E-state index is -0.204. The Balaban J connectivity index is 2.48. The predicted molar refractivity (Wildman–Crippen MR) is 92.0 cm³/mol. The van der Waals surface area contributed by atoms with Gasteiger partial charge in [0.25, 0.3) is 0 Å². The molecule has 2 rings (SSSR count). The molecule has 106 valence electrons. The van der Waals surface area contributed by atoms with E-state index in [9.17, 15) is 0 Å². The van der Waals surface area contributed by atoms with Gasteiger partial charge in [-0.05, 0) is 54.3 Å². The smallest absolute Gasteiger partial charge is 0.124 e. The first-order valence-electron chi connectivity index (χ1n) is 6.18. The number of hydrogen-bond donors (Lipinski definition) is 0. The summed E-state index contributed by atoms with van der Waals surface area (Å²) in [5.41, 5.74) is 4.31. The van der Waals surface area contributed by atoms with Crippen molar-refractivity contribution >= 4 is 43.5 Å². The average Bonchev–Trinajstić information content (AvgIpc) is 2.40. The normalized spacial score (nSPS) is 12.3. The Morgan fingerprint density at radius 2 is 1.65 bits per heavy atom. The number of ether oxygens (including phenoxy) is 1. The number of hydrogen-bond acceptors (Lipinski definition) is 1. The van der Waals surface area contributed by atoms with Gasteiger partial charge in [-0.3, -0.25) is 0 Å². The van der Waals surface area contributed by atoms with Crippen LogP contribution in [0.5, 0.6) is 5.75 Å². The van der Waals surface area contributed by atoms with Crippen LogP contribution >= 0.6 is 43.5 Å². The molecule has 0 aliphatic heterocycles. The monoisotopic (exact) mass is 416 g/mol. The first kappa shape index (κ1) is 15.9. The molecule has 0 saturated carbocycles. The van der Waals surface area contributed by atoms with E-state index in [4.69, 9.17) is 16.3 Å². The summed E-state index contributed by atoms with van der Waals surface area (Å²) in [4.78, 5) is 0. The molecule has 0 radical (unpaired) electrons. The van der Waals surface area contributed by atoms with Gasteiger partial charge < -0.3 is 4.74 Å². The highest BCUT2D eigenvalue weighted by Gasteiger charge is 2.17. The van der Waals surface area contributed by atoms with Crippen molar-refractivity contribution in [2.45, 2.75) is 19.2 Å². The van der Waals surface area contributed by atoms with Crippen molar-refractivity contribution in [1.82, 2.24) is 0 Å². The van der Waals surface area contributed by atoms with Gasteiger partial charge in [-0.2, -0.15) is 0 Å². The zero-order valence-corrected chi connectivity index (χ0v) is 15.4. The van der Waals surface area contributed by atoms with Crippen LogP contribution in [0.15, 0.2) is 39.3 Å². The van der Waals surface area contributed by atoms with Crippen molar-refractivity contribution in [1.29, 1.82) is 0 Å². The van der Waals surface area contributed by atoms with Crippen molar-refractivity contribution in [3.8, 4) is 5.75 Å².